The van der Waals surface area contributed by atoms with E-state index in [1.807, 2.05) is 72.1 Å². The molecule has 1 amide bonds. The number of nitrogens with zero attached hydrogens (tertiary/aromatic N) is 5. The minimum Gasteiger partial charge on any atom is -0.274 e. The van der Waals surface area contributed by atoms with E-state index in [1.54, 1.807) is 23.6 Å². The van der Waals surface area contributed by atoms with Crippen molar-refractivity contribution >= 4 is 67.4 Å². The molecule has 0 aliphatic rings. The average Bonchev–Trinajstić information content (AvgIpc) is 3.48. The predicted octanol–water partition coefficient (Wildman–Crippen LogP) is 6.47. The Balaban J connectivity index is 1.37. The number of imidazole rings is 1. The maximum absolute atomic E-state index is 12.4. The fraction of sp³-hybridized carbons (Fsp3) is 0.0769. The van der Waals surface area contributed by atoms with Gasteiger partial charge in [0.1, 0.15) is 5.65 Å². The summed E-state index contributed by atoms with van der Waals surface area (Å²) < 4.78 is 2.13. The fourth-order valence-electron chi connectivity index (χ4n) is 4.02. The first-order valence-corrected chi connectivity index (χ1v) is 12.6. The second-order valence-electron chi connectivity index (χ2n) is 7.77. The Labute approximate surface area is 203 Å². The molecule has 0 unspecified atom stereocenters. The summed E-state index contributed by atoms with van der Waals surface area (Å²) in [6.45, 7) is 1.56. The van der Waals surface area contributed by atoms with E-state index in [0.717, 1.165) is 44.1 Å². The number of amides is 1. The molecule has 6 aromatic rings. The first-order chi connectivity index (χ1) is 16.7. The lowest BCUT2D eigenvalue weighted by molar-refractivity contribution is -0.115. The Hall–Kier alpha value is -3.75. The zero-order chi connectivity index (χ0) is 23.1. The molecule has 0 radical (unpaired) electrons. The van der Waals surface area contributed by atoms with Crippen molar-refractivity contribution in [1.29, 1.82) is 0 Å². The van der Waals surface area contributed by atoms with E-state index < -0.39 is 0 Å². The van der Waals surface area contributed by atoms with Gasteiger partial charge in [0.2, 0.25) is 5.91 Å². The Kier molecular flexibility index (Phi) is 5.24. The monoisotopic (exact) mass is 481 g/mol. The lowest BCUT2D eigenvalue weighted by Crippen LogP contribution is -2.22. The number of rotatable bonds is 5. The molecule has 0 aliphatic heterocycles. The number of carbonyl (C=O) groups is 1. The SMILES string of the molecule is CC(=O)N(c1ccccc1)c1nc(CSc2nc3ccccc3c3nc4ccccc4n23)cs1. The van der Waals surface area contributed by atoms with Crippen molar-refractivity contribution in [3.63, 3.8) is 0 Å². The number of aromatic nitrogens is 4. The van der Waals surface area contributed by atoms with Gasteiger partial charge in [-0.2, -0.15) is 0 Å². The Morgan fingerprint density at radius 3 is 2.47 bits per heavy atom. The maximum atomic E-state index is 12.4. The molecule has 0 N–H and O–H groups in total. The number of thioether (sulfide) groups is 1. The molecular formula is C26H19N5OS2. The third-order valence-corrected chi connectivity index (χ3v) is 7.37. The number of thiazole rings is 1. The highest BCUT2D eigenvalue weighted by Crippen LogP contribution is 2.33. The molecule has 0 bridgehead atoms. The van der Waals surface area contributed by atoms with Gasteiger partial charge in [-0.05, 0) is 36.4 Å². The van der Waals surface area contributed by atoms with Crippen molar-refractivity contribution in [2.24, 2.45) is 0 Å². The van der Waals surface area contributed by atoms with Crippen LogP contribution >= 0.6 is 23.1 Å². The molecular weight excluding hydrogens is 462 g/mol. The summed E-state index contributed by atoms with van der Waals surface area (Å²) in [5.74, 6) is 0.562. The molecule has 0 spiro atoms. The standard InChI is InChI=1S/C26H19N5OS2/c1-17(32)30(19-9-3-2-4-10-19)25-27-18(15-33-25)16-34-26-29-21-12-6-5-11-20(21)24-28-22-13-7-8-14-23(22)31(24)26/h2-15H,16H2,1H3. The maximum Gasteiger partial charge on any atom is 0.230 e. The summed E-state index contributed by atoms with van der Waals surface area (Å²) in [6, 6.07) is 25.8. The molecule has 3 aromatic heterocycles. The minimum absolute atomic E-state index is 0.0671. The lowest BCUT2D eigenvalue weighted by atomic mass is 10.2. The molecule has 8 heteroatoms. The summed E-state index contributed by atoms with van der Waals surface area (Å²) in [6.07, 6.45) is 0. The van der Waals surface area contributed by atoms with E-state index in [-0.39, 0.29) is 5.91 Å². The molecule has 6 rings (SSSR count). The molecule has 0 aliphatic carbocycles. The molecule has 3 aromatic carbocycles. The molecule has 3 heterocycles. The number of carbonyl (C=O) groups excluding carboxylic acids is 1. The molecule has 0 saturated carbocycles. The largest absolute Gasteiger partial charge is 0.274 e. The van der Waals surface area contributed by atoms with Crippen LogP contribution in [0.2, 0.25) is 0 Å². The Bertz CT molecular complexity index is 1660. The number of fused-ring (bicyclic) bond motifs is 5. The number of benzene rings is 3. The Morgan fingerprint density at radius 1 is 0.912 bits per heavy atom. The van der Waals surface area contributed by atoms with Crippen LogP contribution in [0, 0.1) is 0 Å². The molecule has 0 saturated heterocycles. The van der Waals surface area contributed by atoms with Crippen LogP contribution in [-0.2, 0) is 10.5 Å². The van der Waals surface area contributed by atoms with Gasteiger partial charge in [0, 0.05) is 23.4 Å². The Morgan fingerprint density at radius 2 is 1.65 bits per heavy atom. The van der Waals surface area contributed by atoms with Gasteiger partial charge in [-0.3, -0.25) is 14.1 Å². The number of hydrogen-bond donors (Lipinski definition) is 0. The van der Waals surface area contributed by atoms with Gasteiger partial charge in [-0.15, -0.1) is 11.3 Å². The summed E-state index contributed by atoms with van der Waals surface area (Å²) >= 11 is 3.09. The van der Waals surface area contributed by atoms with Crippen molar-refractivity contribution in [2.75, 3.05) is 4.90 Å². The van der Waals surface area contributed by atoms with E-state index in [9.17, 15) is 4.79 Å². The zero-order valence-electron chi connectivity index (χ0n) is 18.3. The van der Waals surface area contributed by atoms with Crippen LogP contribution < -0.4 is 4.90 Å². The molecule has 0 atom stereocenters. The molecule has 166 valence electrons. The second kappa shape index (κ2) is 8.55. The third-order valence-electron chi connectivity index (χ3n) is 5.52. The van der Waals surface area contributed by atoms with E-state index in [0.29, 0.717) is 10.9 Å². The van der Waals surface area contributed by atoms with Crippen LogP contribution in [-0.4, -0.2) is 25.3 Å². The number of para-hydroxylation sites is 4. The summed E-state index contributed by atoms with van der Waals surface area (Å²) in [7, 11) is 0. The van der Waals surface area contributed by atoms with Crippen LogP contribution in [0.1, 0.15) is 12.6 Å². The molecule has 6 nitrogen and oxygen atoms in total. The van der Waals surface area contributed by atoms with Gasteiger partial charge in [0.25, 0.3) is 0 Å². The van der Waals surface area contributed by atoms with Gasteiger partial charge < -0.3 is 0 Å². The van der Waals surface area contributed by atoms with Crippen LogP contribution in [0.3, 0.4) is 0 Å². The van der Waals surface area contributed by atoms with Gasteiger partial charge in [0.15, 0.2) is 10.3 Å². The van der Waals surface area contributed by atoms with Crippen molar-refractivity contribution in [3.05, 3.63) is 89.9 Å². The molecule has 0 fully saturated rings. The number of anilines is 2. The smallest absolute Gasteiger partial charge is 0.230 e. The van der Waals surface area contributed by atoms with Crippen molar-refractivity contribution < 1.29 is 4.79 Å². The van der Waals surface area contributed by atoms with E-state index in [2.05, 4.69) is 16.5 Å². The summed E-state index contributed by atoms with van der Waals surface area (Å²) in [5.41, 5.74) is 5.51. The molecule has 34 heavy (non-hydrogen) atoms. The first kappa shape index (κ1) is 20.8. The zero-order valence-corrected chi connectivity index (χ0v) is 19.9. The van der Waals surface area contributed by atoms with Crippen LogP contribution in [0.15, 0.2) is 89.4 Å². The van der Waals surface area contributed by atoms with E-state index in [4.69, 9.17) is 15.0 Å². The van der Waals surface area contributed by atoms with Gasteiger partial charge in [-0.25, -0.2) is 15.0 Å². The van der Waals surface area contributed by atoms with Crippen LogP contribution in [0.4, 0.5) is 10.8 Å². The predicted molar refractivity (Wildman–Crippen MR) is 139 cm³/mol. The van der Waals surface area contributed by atoms with Gasteiger partial charge in [-0.1, -0.05) is 54.2 Å². The highest BCUT2D eigenvalue weighted by atomic mass is 32.2. The minimum atomic E-state index is -0.0671. The van der Waals surface area contributed by atoms with Crippen molar-refractivity contribution in [2.45, 2.75) is 17.8 Å². The first-order valence-electron chi connectivity index (χ1n) is 10.8. The average molecular weight is 482 g/mol. The summed E-state index contributed by atoms with van der Waals surface area (Å²) in [5, 5.41) is 4.56. The lowest BCUT2D eigenvalue weighted by Gasteiger charge is -2.17. The highest BCUT2D eigenvalue weighted by Gasteiger charge is 2.19. The fourth-order valence-corrected chi connectivity index (χ4v) is 5.91. The van der Waals surface area contributed by atoms with Crippen molar-refractivity contribution in [3.8, 4) is 0 Å². The van der Waals surface area contributed by atoms with E-state index >= 15 is 0 Å². The number of hydrogen-bond acceptors (Lipinski definition) is 6. The van der Waals surface area contributed by atoms with Crippen LogP contribution in [0.25, 0.3) is 27.6 Å². The topological polar surface area (TPSA) is 63.4 Å². The van der Waals surface area contributed by atoms with E-state index in [1.165, 1.54) is 11.3 Å². The highest BCUT2D eigenvalue weighted by molar-refractivity contribution is 7.98. The third kappa shape index (κ3) is 3.61. The van der Waals surface area contributed by atoms with Crippen LogP contribution in [0.5, 0.6) is 0 Å². The van der Waals surface area contributed by atoms with Crippen molar-refractivity contribution in [1.82, 2.24) is 19.4 Å². The van der Waals surface area contributed by atoms with Gasteiger partial charge in [0.05, 0.1) is 27.9 Å². The normalized spacial score (nSPS) is 11.4. The second-order valence-corrected chi connectivity index (χ2v) is 9.55. The quantitative estimate of drug-likeness (QED) is 0.209. The van der Waals surface area contributed by atoms with Gasteiger partial charge >= 0.3 is 0 Å². The summed E-state index contributed by atoms with van der Waals surface area (Å²) in [4.78, 5) is 28.6.